The summed E-state index contributed by atoms with van der Waals surface area (Å²) in [6.07, 6.45) is 0. The third kappa shape index (κ3) is 4.51. The maximum atomic E-state index is 10.9. The van der Waals surface area contributed by atoms with Crippen molar-refractivity contribution in [3.8, 4) is 0 Å². The largest absolute Gasteiger partial charge is 0.479 e. The zero-order valence-corrected chi connectivity index (χ0v) is 7.03. The van der Waals surface area contributed by atoms with E-state index in [9.17, 15) is 9.59 Å². The summed E-state index contributed by atoms with van der Waals surface area (Å²) in [5.74, 6) is -1.13. The van der Waals surface area contributed by atoms with E-state index in [1.807, 2.05) is 5.48 Å². The Morgan fingerprint density at radius 2 is 2.17 bits per heavy atom. The van der Waals surface area contributed by atoms with E-state index in [0.717, 1.165) is 0 Å². The third-order valence-corrected chi connectivity index (χ3v) is 1.18. The highest BCUT2D eigenvalue weighted by molar-refractivity contribution is 5.73. The monoisotopic (exact) mass is 176 g/mol. The minimum absolute atomic E-state index is 0.459. The van der Waals surface area contributed by atoms with Gasteiger partial charge in [-0.15, -0.1) is 0 Å². The zero-order valence-electron chi connectivity index (χ0n) is 7.03. The molecule has 0 fully saturated rings. The fraction of sp³-hybridized carbons (Fsp3) is 0.667. The van der Waals surface area contributed by atoms with Crippen LogP contribution in [0.15, 0.2) is 0 Å². The van der Waals surface area contributed by atoms with E-state index in [4.69, 9.17) is 5.11 Å². The highest BCUT2D eigenvalue weighted by atomic mass is 16.7. The molecule has 0 aliphatic heterocycles. The predicted octanol–water partition coefficient (Wildman–Crippen LogP) is -0.336. The number of amides is 2. The van der Waals surface area contributed by atoms with Crippen LogP contribution >= 0.6 is 0 Å². The average molecular weight is 176 g/mol. The van der Waals surface area contributed by atoms with Crippen molar-refractivity contribution in [2.45, 2.75) is 6.92 Å². The number of carbonyl (C=O) groups excluding carboxylic acids is 1. The highest BCUT2D eigenvalue weighted by Crippen LogP contribution is 1.81. The standard InChI is InChI=1S/C6H12N2O4/c1-3-8(2)6(11)7-12-4-5(9)10/h3-4H2,1-2H3,(H,7,11)(H,9,10). The Morgan fingerprint density at radius 3 is 2.58 bits per heavy atom. The number of rotatable bonds is 4. The minimum Gasteiger partial charge on any atom is -0.479 e. The number of nitrogens with one attached hydrogen (secondary N) is 1. The molecule has 0 aliphatic carbocycles. The van der Waals surface area contributed by atoms with E-state index in [-0.39, 0.29) is 0 Å². The number of hydrogen-bond acceptors (Lipinski definition) is 3. The molecule has 0 heterocycles. The quantitative estimate of drug-likeness (QED) is 0.574. The molecule has 0 aromatic heterocycles. The summed E-state index contributed by atoms with van der Waals surface area (Å²) in [4.78, 5) is 26.5. The van der Waals surface area contributed by atoms with Gasteiger partial charge in [0.05, 0.1) is 0 Å². The van der Waals surface area contributed by atoms with Crippen molar-refractivity contribution in [2.24, 2.45) is 0 Å². The molecule has 0 atom stereocenters. The fourth-order valence-electron chi connectivity index (χ4n) is 0.381. The Labute approximate surface area is 70.1 Å². The van der Waals surface area contributed by atoms with Gasteiger partial charge in [-0.05, 0) is 6.92 Å². The lowest BCUT2D eigenvalue weighted by Gasteiger charge is -2.14. The second-order valence-electron chi connectivity index (χ2n) is 2.10. The topological polar surface area (TPSA) is 78.9 Å². The van der Waals surface area contributed by atoms with Crippen molar-refractivity contribution in [1.82, 2.24) is 10.4 Å². The maximum Gasteiger partial charge on any atom is 0.341 e. The first-order chi connectivity index (χ1) is 5.57. The summed E-state index contributed by atoms with van der Waals surface area (Å²) in [7, 11) is 1.57. The molecule has 12 heavy (non-hydrogen) atoms. The summed E-state index contributed by atoms with van der Waals surface area (Å²) < 4.78 is 0. The first-order valence-electron chi connectivity index (χ1n) is 3.42. The van der Waals surface area contributed by atoms with Crippen molar-refractivity contribution in [2.75, 3.05) is 20.2 Å². The van der Waals surface area contributed by atoms with Gasteiger partial charge in [0, 0.05) is 13.6 Å². The summed E-state index contributed by atoms with van der Waals surface area (Å²) in [6, 6.07) is -0.459. The van der Waals surface area contributed by atoms with Gasteiger partial charge in [-0.1, -0.05) is 0 Å². The van der Waals surface area contributed by atoms with E-state index in [0.29, 0.717) is 6.54 Å². The smallest absolute Gasteiger partial charge is 0.341 e. The molecule has 6 nitrogen and oxygen atoms in total. The van der Waals surface area contributed by atoms with Crippen LogP contribution in [0, 0.1) is 0 Å². The molecule has 0 unspecified atom stereocenters. The molecule has 0 aliphatic rings. The van der Waals surface area contributed by atoms with Crippen LogP contribution in [0.2, 0.25) is 0 Å². The lowest BCUT2D eigenvalue weighted by atomic mass is 10.6. The van der Waals surface area contributed by atoms with Crippen molar-refractivity contribution in [3.63, 3.8) is 0 Å². The molecule has 0 spiro atoms. The van der Waals surface area contributed by atoms with Crippen LogP contribution in [-0.4, -0.2) is 42.2 Å². The number of carboxylic acids is 1. The molecule has 70 valence electrons. The predicted molar refractivity (Wildman–Crippen MR) is 40.4 cm³/mol. The van der Waals surface area contributed by atoms with Crippen LogP contribution in [0.5, 0.6) is 0 Å². The van der Waals surface area contributed by atoms with Crippen molar-refractivity contribution in [1.29, 1.82) is 0 Å². The summed E-state index contributed by atoms with van der Waals surface area (Å²) >= 11 is 0. The normalized spacial score (nSPS) is 9.17. The summed E-state index contributed by atoms with van der Waals surface area (Å²) in [5, 5.41) is 8.13. The van der Waals surface area contributed by atoms with E-state index >= 15 is 0 Å². The number of carbonyl (C=O) groups is 2. The molecule has 0 aromatic carbocycles. The number of hydroxylamine groups is 1. The number of carboxylic acid groups (broad SMARTS) is 1. The molecular weight excluding hydrogens is 164 g/mol. The second kappa shape index (κ2) is 5.36. The van der Waals surface area contributed by atoms with Crippen molar-refractivity contribution >= 4 is 12.0 Å². The first-order valence-corrected chi connectivity index (χ1v) is 3.42. The van der Waals surface area contributed by atoms with Crippen LogP contribution in [0.1, 0.15) is 6.92 Å². The fourth-order valence-corrected chi connectivity index (χ4v) is 0.381. The Bertz CT molecular complexity index is 171. The first kappa shape index (κ1) is 10.7. The van der Waals surface area contributed by atoms with Gasteiger partial charge in [0.2, 0.25) is 0 Å². The Morgan fingerprint density at radius 1 is 1.58 bits per heavy atom. The Balaban J connectivity index is 3.50. The van der Waals surface area contributed by atoms with Gasteiger partial charge in [0.1, 0.15) is 0 Å². The number of nitrogens with zero attached hydrogens (tertiary/aromatic N) is 1. The SMILES string of the molecule is CCN(C)C(=O)NOCC(=O)O. The van der Waals surface area contributed by atoms with Gasteiger partial charge in [-0.3, -0.25) is 4.84 Å². The Hall–Kier alpha value is -1.30. The van der Waals surface area contributed by atoms with Crippen LogP contribution in [-0.2, 0) is 9.63 Å². The van der Waals surface area contributed by atoms with Crippen LogP contribution in [0.4, 0.5) is 4.79 Å². The molecule has 6 heteroatoms. The number of aliphatic carboxylic acids is 1. The van der Waals surface area contributed by atoms with Gasteiger partial charge < -0.3 is 10.0 Å². The summed E-state index contributed by atoms with van der Waals surface area (Å²) in [5.41, 5.74) is 1.97. The van der Waals surface area contributed by atoms with Crippen LogP contribution in [0.3, 0.4) is 0 Å². The van der Waals surface area contributed by atoms with E-state index < -0.39 is 18.6 Å². The molecule has 0 saturated heterocycles. The summed E-state index contributed by atoms with van der Waals surface area (Å²) in [6.45, 7) is 1.78. The van der Waals surface area contributed by atoms with Crippen molar-refractivity contribution in [3.05, 3.63) is 0 Å². The Kier molecular flexibility index (Phi) is 4.78. The molecule has 2 amide bonds. The lowest BCUT2D eigenvalue weighted by molar-refractivity contribution is -0.144. The van der Waals surface area contributed by atoms with E-state index in [1.54, 1.807) is 14.0 Å². The second-order valence-corrected chi connectivity index (χ2v) is 2.10. The molecule has 0 aromatic rings. The minimum atomic E-state index is -1.13. The van der Waals surface area contributed by atoms with Crippen LogP contribution < -0.4 is 5.48 Å². The molecule has 0 bridgehead atoms. The third-order valence-electron chi connectivity index (χ3n) is 1.18. The van der Waals surface area contributed by atoms with Crippen molar-refractivity contribution < 1.29 is 19.5 Å². The van der Waals surface area contributed by atoms with Gasteiger partial charge >= 0.3 is 12.0 Å². The highest BCUT2D eigenvalue weighted by Gasteiger charge is 2.05. The molecular formula is C6H12N2O4. The lowest BCUT2D eigenvalue weighted by Crippen LogP contribution is -2.37. The zero-order chi connectivity index (χ0) is 9.56. The van der Waals surface area contributed by atoms with Gasteiger partial charge in [-0.25, -0.2) is 15.1 Å². The average Bonchev–Trinajstić information content (AvgIpc) is 2.02. The number of urea groups is 1. The molecule has 0 radical (unpaired) electrons. The molecule has 0 saturated carbocycles. The maximum absolute atomic E-state index is 10.9. The molecule has 2 N–H and O–H groups in total. The number of hydrogen-bond donors (Lipinski definition) is 2. The van der Waals surface area contributed by atoms with Gasteiger partial charge in [0.15, 0.2) is 6.61 Å². The van der Waals surface area contributed by atoms with Gasteiger partial charge in [0.25, 0.3) is 0 Å². The molecule has 0 rings (SSSR count). The van der Waals surface area contributed by atoms with E-state index in [1.165, 1.54) is 4.90 Å². The van der Waals surface area contributed by atoms with E-state index in [2.05, 4.69) is 4.84 Å². The van der Waals surface area contributed by atoms with Crippen LogP contribution in [0.25, 0.3) is 0 Å². The van der Waals surface area contributed by atoms with Gasteiger partial charge in [-0.2, -0.15) is 0 Å².